The predicted octanol–water partition coefficient (Wildman–Crippen LogP) is 4.89. The minimum absolute atomic E-state index is 0.127. The number of carbonyl (C=O) groups excluding carboxylic acids is 1. The average Bonchev–Trinajstić information content (AvgIpc) is 3.15. The van der Waals surface area contributed by atoms with Crippen LogP contribution < -0.4 is 15.4 Å². The molecule has 1 aliphatic carbocycles. The molecule has 0 heterocycles. The van der Waals surface area contributed by atoms with E-state index < -0.39 is 0 Å². The third-order valence-corrected chi connectivity index (χ3v) is 4.74. The second kappa shape index (κ2) is 8.01. The highest BCUT2D eigenvalue weighted by molar-refractivity contribution is 5.91. The molecule has 0 unspecified atom stereocenters. The first-order valence-corrected chi connectivity index (χ1v) is 8.63. The summed E-state index contributed by atoms with van der Waals surface area (Å²) in [6.07, 6.45) is 4.46. The summed E-state index contributed by atoms with van der Waals surface area (Å²) in [5.74, 6) is 0.707. The maximum absolute atomic E-state index is 13.2. The molecule has 2 amide bonds. The van der Waals surface area contributed by atoms with Crippen LogP contribution in [0.4, 0.5) is 14.9 Å². The van der Waals surface area contributed by atoms with E-state index in [2.05, 4.69) is 10.6 Å². The van der Waals surface area contributed by atoms with Crippen molar-refractivity contribution in [2.24, 2.45) is 5.92 Å². The van der Waals surface area contributed by atoms with Crippen LogP contribution in [0.1, 0.15) is 37.3 Å². The fraction of sp³-hybridized carbons (Fsp3) is 0.350. The first-order valence-electron chi connectivity index (χ1n) is 8.63. The Morgan fingerprint density at radius 1 is 1.12 bits per heavy atom. The summed E-state index contributed by atoms with van der Waals surface area (Å²) in [5, 5.41) is 5.91. The van der Waals surface area contributed by atoms with E-state index in [4.69, 9.17) is 4.74 Å². The van der Waals surface area contributed by atoms with Gasteiger partial charge in [-0.1, -0.05) is 37.1 Å². The van der Waals surface area contributed by atoms with Crippen LogP contribution in [0.15, 0.2) is 48.5 Å². The van der Waals surface area contributed by atoms with Gasteiger partial charge < -0.3 is 15.4 Å². The second-order valence-electron chi connectivity index (χ2n) is 6.37. The minimum atomic E-state index is -0.286. The Balaban J connectivity index is 1.75. The highest BCUT2D eigenvalue weighted by Gasteiger charge is 2.28. The molecule has 0 aliphatic heterocycles. The van der Waals surface area contributed by atoms with Crippen LogP contribution in [0.2, 0.25) is 0 Å². The quantitative estimate of drug-likeness (QED) is 0.813. The van der Waals surface area contributed by atoms with Crippen LogP contribution in [0.3, 0.4) is 0 Å². The molecule has 4 nitrogen and oxygen atoms in total. The largest absolute Gasteiger partial charge is 0.495 e. The smallest absolute Gasteiger partial charge is 0.319 e. The van der Waals surface area contributed by atoms with Crippen molar-refractivity contribution >= 4 is 11.7 Å². The SMILES string of the molecule is COc1ccccc1NC(=O)N[C@@H](c1ccc(F)cc1)C1CCCC1. The molecule has 0 saturated heterocycles. The van der Waals surface area contributed by atoms with Crippen LogP contribution >= 0.6 is 0 Å². The molecule has 2 N–H and O–H groups in total. The number of amides is 2. The van der Waals surface area contributed by atoms with Gasteiger partial charge in [0.25, 0.3) is 0 Å². The molecule has 25 heavy (non-hydrogen) atoms. The van der Waals surface area contributed by atoms with E-state index in [9.17, 15) is 9.18 Å². The van der Waals surface area contributed by atoms with E-state index >= 15 is 0 Å². The number of hydrogen-bond acceptors (Lipinski definition) is 2. The van der Waals surface area contributed by atoms with Gasteiger partial charge >= 0.3 is 6.03 Å². The summed E-state index contributed by atoms with van der Waals surface area (Å²) in [7, 11) is 1.57. The van der Waals surface area contributed by atoms with Crippen LogP contribution in [-0.2, 0) is 0 Å². The summed E-state index contributed by atoms with van der Waals surface area (Å²) in [4.78, 5) is 12.5. The van der Waals surface area contributed by atoms with Crippen molar-refractivity contribution in [3.05, 3.63) is 59.9 Å². The van der Waals surface area contributed by atoms with Crippen LogP contribution in [0.25, 0.3) is 0 Å². The molecule has 1 fully saturated rings. The van der Waals surface area contributed by atoms with Crippen molar-refractivity contribution in [1.82, 2.24) is 5.32 Å². The number of nitrogens with one attached hydrogen (secondary N) is 2. The Bertz CT molecular complexity index is 712. The molecule has 0 aromatic heterocycles. The third kappa shape index (κ3) is 4.29. The number of anilines is 1. The Kier molecular flexibility index (Phi) is 5.53. The van der Waals surface area contributed by atoms with Crippen molar-refractivity contribution in [2.75, 3.05) is 12.4 Å². The Labute approximate surface area is 147 Å². The van der Waals surface area contributed by atoms with E-state index in [0.29, 0.717) is 17.4 Å². The Morgan fingerprint density at radius 3 is 2.48 bits per heavy atom. The van der Waals surface area contributed by atoms with Gasteiger partial charge in [0.1, 0.15) is 11.6 Å². The summed E-state index contributed by atoms with van der Waals surface area (Å²) in [6.45, 7) is 0. The fourth-order valence-corrected chi connectivity index (χ4v) is 3.48. The molecule has 1 saturated carbocycles. The molecule has 0 radical (unpaired) electrons. The number of ether oxygens (including phenoxy) is 1. The van der Waals surface area contributed by atoms with Crippen molar-refractivity contribution < 1.29 is 13.9 Å². The highest BCUT2D eigenvalue weighted by Crippen LogP contribution is 2.36. The van der Waals surface area contributed by atoms with Gasteiger partial charge in [0.15, 0.2) is 0 Å². The van der Waals surface area contributed by atoms with Gasteiger partial charge in [-0.15, -0.1) is 0 Å². The lowest BCUT2D eigenvalue weighted by Gasteiger charge is -2.25. The molecule has 2 aromatic carbocycles. The number of rotatable bonds is 5. The van der Waals surface area contributed by atoms with Gasteiger partial charge in [-0.2, -0.15) is 0 Å². The van der Waals surface area contributed by atoms with Crippen LogP contribution in [0, 0.1) is 11.7 Å². The lowest BCUT2D eigenvalue weighted by atomic mass is 9.91. The van der Waals surface area contributed by atoms with Crippen molar-refractivity contribution in [1.29, 1.82) is 0 Å². The van der Waals surface area contributed by atoms with Crippen molar-refractivity contribution in [3.63, 3.8) is 0 Å². The number of urea groups is 1. The fourth-order valence-electron chi connectivity index (χ4n) is 3.48. The maximum Gasteiger partial charge on any atom is 0.319 e. The van der Waals surface area contributed by atoms with E-state index in [-0.39, 0.29) is 17.9 Å². The monoisotopic (exact) mass is 342 g/mol. The topological polar surface area (TPSA) is 50.4 Å². The molecule has 5 heteroatoms. The third-order valence-electron chi connectivity index (χ3n) is 4.74. The zero-order valence-electron chi connectivity index (χ0n) is 14.3. The van der Waals surface area contributed by atoms with Crippen molar-refractivity contribution in [3.8, 4) is 5.75 Å². The number of carbonyl (C=O) groups is 1. The highest BCUT2D eigenvalue weighted by atomic mass is 19.1. The number of methoxy groups -OCH3 is 1. The lowest BCUT2D eigenvalue weighted by Crippen LogP contribution is -2.36. The average molecular weight is 342 g/mol. The van der Waals surface area contributed by atoms with E-state index in [0.717, 1.165) is 31.2 Å². The van der Waals surface area contributed by atoms with Crippen molar-refractivity contribution in [2.45, 2.75) is 31.7 Å². The zero-order valence-corrected chi connectivity index (χ0v) is 14.3. The van der Waals surface area contributed by atoms with Gasteiger partial charge in [0, 0.05) is 0 Å². The van der Waals surface area contributed by atoms with Gasteiger partial charge in [-0.05, 0) is 48.6 Å². The number of hydrogen-bond donors (Lipinski definition) is 2. The van der Waals surface area contributed by atoms with E-state index in [1.165, 1.54) is 12.1 Å². The normalized spacial score (nSPS) is 15.6. The van der Waals surface area contributed by atoms with Gasteiger partial charge in [-0.25, -0.2) is 9.18 Å². The number of para-hydroxylation sites is 2. The zero-order chi connectivity index (χ0) is 17.6. The molecule has 1 aliphatic rings. The standard InChI is InChI=1S/C20H23FN2O2/c1-25-18-9-5-4-8-17(18)22-20(24)23-19(14-6-2-3-7-14)15-10-12-16(21)13-11-15/h4-5,8-14,19H,2-3,6-7H2,1H3,(H2,22,23,24)/t19-/m1/s1. The molecule has 1 atom stereocenters. The molecule has 3 rings (SSSR count). The molecule has 132 valence electrons. The maximum atomic E-state index is 13.2. The van der Waals surface area contributed by atoms with Gasteiger partial charge in [0.05, 0.1) is 18.8 Å². The van der Waals surface area contributed by atoms with Crippen LogP contribution in [-0.4, -0.2) is 13.1 Å². The molecule has 0 bridgehead atoms. The lowest BCUT2D eigenvalue weighted by molar-refractivity contribution is 0.242. The first-order chi connectivity index (χ1) is 12.2. The Morgan fingerprint density at radius 2 is 1.80 bits per heavy atom. The number of benzene rings is 2. The summed E-state index contributed by atoms with van der Waals surface area (Å²) in [6, 6.07) is 13.3. The first kappa shape index (κ1) is 17.3. The summed E-state index contributed by atoms with van der Waals surface area (Å²) >= 11 is 0. The summed E-state index contributed by atoms with van der Waals surface area (Å²) in [5.41, 5.74) is 1.55. The predicted molar refractivity (Wildman–Crippen MR) is 96.2 cm³/mol. The molecule has 2 aromatic rings. The Hall–Kier alpha value is -2.56. The van der Waals surface area contributed by atoms with Gasteiger partial charge in [-0.3, -0.25) is 0 Å². The molecule has 0 spiro atoms. The van der Waals surface area contributed by atoms with E-state index in [1.807, 2.05) is 12.1 Å². The molecular formula is C20H23FN2O2. The number of halogens is 1. The van der Waals surface area contributed by atoms with Gasteiger partial charge in [0.2, 0.25) is 0 Å². The summed E-state index contributed by atoms with van der Waals surface area (Å²) < 4.78 is 18.5. The van der Waals surface area contributed by atoms with Crippen LogP contribution in [0.5, 0.6) is 5.75 Å². The second-order valence-corrected chi connectivity index (χ2v) is 6.37. The van der Waals surface area contributed by atoms with E-state index in [1.54, 1.807) is 31.4 Å². The molecular weight excluding hydrogens is 319 g/mol. The minimum Gasteiger partial charge on any atom is -0.495 e.